The number of aliphatic hydroxyl groups excluding tert-OH is 1. The van der Waals surface area contributed by atoms with Crippen molar-refractivity contribution in [3.05, 3.63) is 36.1 Å². The van der Waals surface area contributed by atoms with E-state index in [1.807, 2.05) is 42.2 Å². The van der Waals surface area contributed by atoms with Crippen molar-refractivity contribution in [1.29, 1.82) is 0 Å². The van der Waals surface area contributed by atoms with Crippen molar-refractivity contribution in [2.45, 2.75) is 12.8 Å². The van der Waals surface area contributed by atoms with E-state index in [1.54, 1.807) is 0 Å². The minimum atomic E-state index is -0.267. The Bertz CT molecular complexity index is 611. The topological polar surface area (TPSA) is 56.9 Å². The van der Waals surface area contributed by atoms with E-state index in [2.05, 4.69) is 4.90 Å². The van der Waals surface area contributed by atoms with Crippen LogP contribution in [-0.4, -0.2) is 60.1 Å². The van der Waals surface area contributed by atoms with Gasteiger partial charge in [0.2, 0.25) is 5.91 Å². The second-order valence-corrected chi connectivity index (χ2v) is 5.80. The maximum absolute atomic E-state index is 12.6. The Morgan fingerprint density at radius 1 is 1.27 bits per heavy atom. The highest BCUT2D eigenvalue weighted by Crippen LogP contribution is 2.26. The molecule has 22 heavy (non-hydrogen) atoms. The van der Waals surface area contributed by atoms with Gasteiger partial charge in [0.1, 0.15) is 11.3 Å². The van der Waals surface area contributed by atoms with Crippen LogP contribution in [0.15, 0.2) is 34.7 Å². The van der Waals surface area contributed by atoms with Gasteiger partial charge in [0.25, 0.3) is 0 Å². The number of benzene rings is 1. The molecule has 118 valence electrons. The second kappa shape index (κ2) is 6.50. The molecule has 0 bridgehead atoms. The second-order valence-electron chi connectivity index (χ2n) is 5.80. The molecule has 2 heterocycles. The molecule has 1 amide bonds. The smallest absolute Gasteiger partial charge is 0.233 e. The largest absolute Gasteiger partial charge is 0.460 e. The van der Waals surface area contributed by atoms with Gasteiger partial charge >= 0.3 is 0 Å². The van der Waals surface area contributed by atoms with Crippen LogP contribution >= 0.6 is 0 Å². The van der Waals surface area contributed by atoms with Gasteiger partial charge < -0.3 is 14.4 Å². The molecule has 0 saturated carbocycles. The Hall–Kier alpha value is -1.85. The van der Waals surface area contributed by atoms with Crippen LogP contribution in [0.2, 0.25) is 0 Å². The van der Waals surface area contributed by atoms with Crippen LogP contribution in [0.4, 0.5) is 0 Å². The molecule has 0 spiro atoms. The number of fused-ring (bicyclic) bond motifs is 1. The summed E-state index contributed by atoms with van der Waals surface area (Å²) in [7, 11) is 0. The van der Waals surface area contributed by atoms with E-state index in [-0.39, 0.29) is 18.4 Å². The lowest BCUT2D eigenvalue weighted by Crippen LogP contribution is -2.50. The molecule has 5 nitrogen and oxygen atoms in total. The number of rotatable bonds is 4. The molecule has 0 radical (unpaired) electrons. The van der Waals surface area contributed by atoms with Gasteiger partial charge in [0.15, 0.2) is 0 Å². The third kappa shape index (κ3) is 3.00. The number of β-amino-alcohol motifs (C(OH)–C–C–N with tert-alkyl or cyclic N) is 1. The summed E-state index contributed by atoms with van der Waals surface area (Å²) in [6.45, 7) is 5.82. The summed E-state index contributed by atoms with van der Waals surface area (Å²) in [6, 6.07) is 9.77. The van der Waals surface area contributed by atoms with Crippen LogP contribution in [0.25, 0.3) is 11.0 Å². The van der Waals surface area contributed by atoms with E-state index in [0.717, 1.165) is 29.8 Å². The molecule has 1 aliphatic heterocycles. The zero-order valence-corrected chi connectivity index (χ0v) is 12.9. The molecule has 1 aromatic heterocycles. The van der Waals surface area contributed by atoms with Crippen molar-refractivity contribution in [3.63, 3.8) is 0 Å². The fourth-order valence-corrected chi connectivity index (χ4v) is 2.94. The number of furan rings is 1. The number of nitrogens with zero attached hydrogens (tertiary/aromatic N) is 2. The van der Waals surface area contributed by atoms with Crippen LogP contribution in [0.3, 0.4) is 0 Å². The highest BCUT2D eigenvalue weighted by Gasteiger charge is 2.27. The number of amides is 1. The van der Waals surface area contributed by atoms with Gasteiger partial charge in [-0.25, -0.2) is 0 Å². The van der Waals surface area contributed by atoms with Crippen molar-refractivity contribution in [2.24, 2.45) is 0 Å². The standard InChI is InChI=1S/C17H22N2O3/c1-13(16-12-14-4-2-3-5-15(14)22-16)17(21)19-8-6-18(7-9-19)10-11-20/h2-5,12-13,20H,6-11H2,1H3. The summed E-state index contributed by atoms with van der Waals surface area (Å²) in [5.41, 5.74) is 0.824. The minimum Gasteiger partial charge on any atom is -0.460 e. The normalized spacial score (nSPS) is 17.8. The van der Waals surface area contributed by atoms with E-state index in [1.165, 1.54) is 0 Å². The fourth-order valence-electron chi connectivity index (χ4n) is 2.94. The van der Waals surface area contributed by atoms with Crippen molar-refractivity contribution in [2.75, 3.05) is 39.3 Å². The molecule has 1 fully saturated rings. The third-order valence-electron chi connectivity index (χ3n) is 4.34. The van der Waals surface area contributed by atoms with Crippen molar-refractivity contribution in [3.8, 4) is 0 Å². The van der Waals surface area contributed by atoms with Crippen LogP contribution in [-0.2, 0) is 4.79 Å². The molecule has 1 N–H and O–H groups in total. The molecular weight excluding hydrogens is 280 g/mol. The zero-order valence-electron chi connectivity index (χ0n) is 12.9. The fraction of sp³-hybridized carbons (Fsp3) is 0.471. The lowest BCUT2D eigenvalue weighted by atomic mass is 10.1. The molecular formula is C17H22N2O3. The van der Waals surface area contributed by atoms with E-state index in [4.69, 9.17) is 9.52 Å². The maximum atomic E-state index is 12.6. The van der Waals surface area contributed by atoms with E-state index in [0.29, 0.717) is 19.6 Å². The molecule has 3 rings (SSSR count). The molecule has 1 aromatic carbocycles. The highest BCUT2D eigenvalue weighted by atomic mass is 16.3. The molecule has 1 aliphatic rings. The Balaban J connectivity index is 1.67. The summed E-state index contributed by atoms with van der Waals surface area (Å²) in [5.74, 6) is 0.573. The van der Waals surface area contributed by atoms with Crippen molar-refractivity contribution in [1.82, 2.24) is 9.80 Å². The van der Waals surface area contributed by atoms with Crippen molar-refractivity contribution >= 4 is 16.9 Å². The number of hydrogen-bond donors (Lipinski definition) is 1. The Labute approximate surface area is 130 Å². The van der Waals surface area contributed by atoms with Gasteiger partial charge in [-0.2, -0.15) is 0 Å². The molecule has 5 heteroatoms. The zero-order chi connectivity index (χ0) is 15.5. The van der Waals surface area contributed by atoms with Crippen LogP contribution in [0.1, 0.15) is 18.6 Å². The van der Waals surface area contributed by atoms with Gasteiger partial charge in [0.05, 0.1) is 12.5 Å². The SMILES string of the molecule is CC(C(=O)N1CCN(CCO)CC1)c1cc2ccccc2o1. The summed E-state index contributed by atoms with van der Waals surface area (Å²) >= 11 is 0. The predicted octanol–water partition coefficient (Wildman–Crippen LogP) is 1.67. The number of para-hydroxylation sites is 1. The van der Waals surface area contributed by atoms with E-state index >= 15 is 0 Å². The van der Waals surface area contributed by atoms with Crippen LogP contribution < -0.4 is 0 Å². The average Bonchev–Trinajstić information content (AvgIpc) is 2.98. The third-order valence-corrected chi connectivity index (χ3v) is 4.34. The average molecular weight is 302 g/mol. The van der Waals surface area contributed by atoms with E-state index in [9.17, 15) is 4.79 Å². The van der Waals surface area contributed by atoms with Gasteiger partial charge in [0, 0.05) is 38.1 Å². The number of carbonyl (C=O) groups is 1. The first-order valence-corrected chi connectivity index (χ1v) is 7.79. The Kier molecular flexibility index (Phi) is 4.45. The van der Waals surface area contributed by atoms with Crippen LogP contribution in [0, 0.1) is 0 Å². The number of hydrogen-bond acceptors (Lipinski definition) is 4. The van der Waals surface area contributed by atoms with Crippen LogP contribution in [0.5, 0.6) is 0 Å². The number of aliphatic hydroxyl groups is 1. The molecule has 0 aliphatic carbocycles. The Morgan fingerprint density at radius 2 is 2.00 bits per heavy atom. The minimum absolute atomic E-state index is 0.114. The quantitative estimate of drug-likeness (QED) is 0.933. The molecule has 1 atom stereocenters. The lowest BCUT2D eigenvalue weighted by molar-refractivity contribution is -0.134. The van der Waals surface area contributed by atoms with Crippen molar-refractivity contribution < 1.29 is 14.3 Å². The first-order valence-electron chi connectivity index (χ1n) is 7.79. The molecule has 1 saturated heterocycles. The van der Waals surface area contributed by atoms with Gasteiger partial charge in [-0.1, -0.05) is 18.2 Å². The summed E-state index contributed by atoms with van der Waals surface area (Å²) in [4.78, 5) is 16.7. The van der Waals surface area contributed by atoms with Gasteiger partial charge in [-0.15, -0.1) is 0 Å². The number of piperazine rings is 1. The Morgan fingerprint density at radius 3 is 2.68 bits per heavy atom. The predicted molar refractivity (Wildman–Crippen MR) is 84.7 cm³/mol. The maximum Gasteiger partial charge on any atom is 0.233 e. The molecule has 2 aromatic rings. The summed E-state index contributed by atoms with van der Waals surface area (Å²) in [5, 5.41) is 10.00. The lowest BCUT2D eigenvalue weighted by Gasteiger charge is -2.35. The molecule has 1 unspecified atom stereocenters. The first-order chi connectivity index (χ1) is 10.7. The summed E-state index contributed by atoms with van der Waals surface area (Å²) in [6.07, 6.45) is 0. The highest BCUT2D eigenvalue weighted by molar-refractivity contribution is 5.85. The van der Waals surface area contributed by atoms with Gasteiger partial charge in [-0.3, -0.25) is 9.69 Å². The number of carbonyl (C=O) groups excluding carboxylic acids is 1. The first kappa shape index (κ1) is 15.1. The van der Waals surface area contributed by atoms with E-state index < -0.39 is 0 Å². The van der Waals surface area contributed by atoms with Gasteiger partial charge in [-0.05, 0) is 19.1 Å². The monoisotopic (exact) mass is 302 g/mol. The summed E-state index contributed by atoms with van der Waals surface area (Å²) < 4.78 is 5.81.